The van der Waals surface area contributed by atoms with Gasteiger partial charge in [0, 0.05) is 25.0 Å². The molecule has 1 amide bonds. The van der Waals surface area contributed by atoms with Crippen LogP contribution in [-0.4, -0.2) is 37.0 Å². The minimum atomic E-state index is 0. The van der Waals surface area contributed by atoms with Crippen molar-refractivity contribution in [2.24, 2.45) is 4.99 Å². The van der Waals surface area contributed by atoms with Gasteiger partial charge in [0.1, 0.15) is 0 Å². The van der Waals surface area contributed by atoms with Gasteiger partial charge in [0.25, 0.3) is 0 Å². The van der Waals surface area contributed by atoms with Crippen LogP contribution in [0.1, 0.15) is 58.3 Å². The Bertz CT molecular complexity index is 339. The van der Waals surface area contributed by atoms with E-state index in [-0.39, 0.29) is 29.9 Å². The second-order valence-electron chi connectivity index (χ2n) is 5.83. The highest BCUT2D eigenvalue weighted by atomic mass is 127. The lowest BCUT2D eigenvalue weighted by Crippen LogP contribution is -2.39. The van der Waals surface area contributed by atoms with Crippen molar-refractivity contribution in [2.45, 2.75) is 70.4 Å². The average molecular weight is 408 g/mol. The Balaban J connectivity index is 0.00000220. The lowest BCUT2D eigenvalue weighted by molar-refractivity contribution is -0.121. The van der Waals surface area contributed by atoms with Crippen molar-refractivity contribution in [3.05, 3.63) is 0 Å². The number of amides is 1. The predicted octanol–water partition coefficient (Wildman–Crippen LogP) is 2.16. The first kappa shape index (κ1) is 18.5. The molecule has 3 N–H and O–H groups in total. The predicted molar refractivity (Wildman–Crippen MR) is 97.2 cm³/mol. The van der Waals surface area contributed by atoms with Crippen LogP contribution in [0.5, 0.6) is 0 Å². The van der Waals surface area contributed by atoms with Crippen LogP contribution < -0.4 is 16.0 Å². The maximum absolute atomic E-state index is 11.9. The van der Waals surface area contributed by atoms with Crippen molar-refractivity contribution in [3.63, 3.8) is 0 Å². The van der Waals surface area contributed by atoms with E-state index in [9.17, 15) is 4.79 Å². The van der Waals surface area contributed by atoms with E-state index < -0.39 is 0 Å². The van der Waals surface area contributed by atoms with Crippen LogP contribution in [0.2, 0.25) is 0 Å². The zero-order valence-corrected chi connectivity index (χ0v) is 15.3. The molecule has 5 nitrogen and oxygen atoms in total. The SMILES string of the molecule is CCNC(=NCCC(=O)NC1CCCCC1)NC1CC1.I. The van der Waals surface area contributed by atoms with Gasteiger partial charge in [-0.05, 0) is 32.6 Å². The molecule has 21 heavy (non-hydrogen) atoms. The van der Waals surface area contributed by atoms with E-state index in [1.165, 1.54) is 32.1 Å². The number of nitrogens with zero attached hydrogens (tertiary/aromatic N) is 1. The Labute approximate surface area is 145 Å². The average Bonchev–Trinajstić information content (AvgIpc) is 3.24. The molecule has 2 aliphatic carbocycles. The number of guanidine groups is 1. The fourth-order valence-corrected chi connectivity index (χ4v) is 2.56. The Hall–Kier alpha value is -0.530. The van der Waals surface area contributed by atoms with Crippen LogP contribution in [0.25, 0.3) is 0 Å². The molecule has 0 aromatic heterocycles. The largest absolute Gasteiger partial charge is 0.357 e. The van der Waals surface area contributed by atoms with Gasteiger partial charge in [-0.1, -0.05) is 19.3 Å². The molecule has 0 unspecified atom stereocenters. The zero-order chi connectivity index (χ0) is 14.2. The minimum absolute atomic E-state index is 0. The first-order chi connectivity index (χ1) is 9.78. The number of halogens is 1. The van der Waals surface area contributed by atoms with Crippen LogP contribution in [0, 0.1) is 0 Å². The molecular weight excluding hydrogens is 379 g/mol. The van der Waals surface area contributed by atoms with Crippen molar-refractivity contribution in [1.82, 2.24) is 16.0 Å². The quantitative estimate of drug-likeness (QED) is 0.359. The van der Waals surface area contributed by atoms with Gasteiger partial charge in [-0.25, -0.2) is 0 Å². The Morgan fingerprint density at radius 1 is 1.05 bits per heavy atom. The van der Waals surface area contributed by atoms with E-state index in [0.29, 0.717) is 25.0 Å². The first-order valence-electron chi connectivity index (χ1n) is 8.12. The lowest BCUT2D eigenvalue weighted by atomic mass is 9.95. The summed E-state index contributed by atoms with van der Waals surface area (Å²) in [5, 5.41) is 9.70. The molecular formula is C15H29IN4O. The molecule has 2 saturated carbocycles. The van der Waals surface area contributed by atoms with Crippen molar-refractivity contribution in [1.29, 1.82) is 0 Å². The van der Waals surface area contributed by atoms with Gasteiger partial charge in [0.15, 0.2) is 5.96 Å². The molecule has 0 aromatic rings. The molecule has 0 spiro atoms. The topological polar surface area (TPSA) is 65.5 Å². The van der Waals surface area contributed by atoms with Crippen LogP contribution in [-0.2, 0) is 4.79 Å². The molecule has 6 heteroatoms. The fraction of sp³-hybridized carbons (Fsp3) is 0.867. The molecule has 2 aliphatic rings. The smallest absolute Gasteiger partial charge is 0.222 e. The Morgan fingerprint density at radius 3 is 2.33 bits per heavy atom. The van der Waals surface area contributed by atoms with Crippen molar-refractivity contribution >= 4 is 35.8 Å². The third kappa shape index (κ3) is 7.87. The summed E-state index contributed by atoms with van der Waals surface area (Å²) >= 11 is 0. The molecule has 122 valence electrons. The van der Waals surface area contributed by atoms with Gasteiger partial charge >= 0.3 is 0 Å². The van der Waals surface area contributed by atoms with E-state index in [0.717, 1.165) is 25.3 Å². The number of carbonyl (C=O) groups excluding carboxylic acids is 1. The maximum atomic E-state index is 11.9. The molecule has 0 saturated heterocycles. The van der Waals surface area contributed by atoms with Crippen LogP contribution in [0.4, 0.5) is 0 Å². The molecule has 0 radical (unpaired) electrons. The second kappa shape index (κ2) is 10.2. The van der Waals surface area contributed by atoms with Crippen LogP contribution in [0.3, 0.4) is 0 Å². The lowest BCUT2D eigenvalue weighted by Gasteiger charge is -2.22. The first-order valence-corrected chi connectivity index (χ1v) is 8.12. The third-order valence-electron chi connectivity index (χ3n) is 3.84. The van der Waals surface area contributed by atoms with Crippen molar-refractivity contribution in [3.8, 4) is 0 Å². The molecule has 2 fully saturated rings. The summed E-state index contributed by atoms with van der Waals surface area (Å²) in [6, 6.07) is 0.988. The molecule has 0 atom stereocenters. The molecule has 0 aromatic carbocycles. The van der Waals surface area contributed by atoms with Crippen molar-refractivity contribution < 1.29 is 4.79 Å². The van der Waals surface area contributed by atoms with Crippen LogP contribution in [0.15, 0.2) is 4.99 Å². The highest BCUT2D eigenvalue weighted by Crippen LogP contribution is 2.18. The van der Waals surface area contributed by atoms with Gasteiger partial charge in [0.05, 0.1) is 6.54 Å². The number of aliphatic imine (C=N–C) groups is 1. The van der Waals surface area contributed by atoms with E-state index in [2.05, 4.69) is 27.9 Å². The number of carbonyl (C=O) groups is 1. The van der Waals surface area contributed by atoms with E-state index in [1.807, 2.05) is 0 Å². The summed E-state index contributed by atoms with van der Waals surface area (Å²) in [5.41, 5.74) is 0. The van der Waals surface area contributed by atoms with Crippen LogP contribution >= 0.6 is 24.0 Å². The molecule has 0 bridgehead atoms. The number of rotatable bonds is 6. The molecule has 0 heterocycles. The normalized spacial score (nSPS) is 19.6. The van der Waals surface area contributed by atoms with E-state index >= 15 is 0 Å². The number of hydrogen-bond donors (Lipinski definition) is 3. The number of nitrogens with one attached hydrogen (secondary N) is 3. The molecule has 0 aliphatic heterocycles. The highest BCUT2D eigenvalue weighted by molar-refractivity contribution is 14.0. The third-order valence-corrected chi connectivity index (χ3v) is 3.84. The maximum Gasteiger partial charge on any atom is 0.222 e. The summed E-state index contributed by atoms with van der Waals surface area (Å²) in [7, 11) is 0. The van der Waals surface area contributed by atoms with Gasteiger partial charge in [0.2, 0.25) is 5.91 Å². The van der Waals surface area contributed by atoms with Gasteiger partial charge in [-0.3, -0.25) is 9.79 Å². The van der Waals surface area contributed by atoms with Gasteiger partial charge in [-0.2, -0.15) is 0 Å². The van der Waals surface area contributed by atoms with Gasteiger partial charge in [-0.15, -0.1) is 24.0 Å². The summed E-state index contributed by atoms with van der Waals surface area (Å²) in [5.74, 6) is 0.989. The standard InChI is InChI=1S/C15H28N4O.HI/c1-2-16-15(19-13-8-9-13)17-11-10-14(20)18-12-6-4-3-5-7-12;/h12-13H,2-11H2,1H3,(H,18,20)(H2,16,17,19);1H. The Kier molecular flexibility index (Phi) is 9.03. The molecule has 2 rings (SSSR count). The van der Waals surface area contributed by atoms with Gasteiger partial charge < -0.3 is 16.0 Å². The summed E-state index contributed by atoms with van der Waals surface area (Å²) in [6.45, 7) is 3.47. The van der Waals surface area contributed by atoms with Crippen molar-refractivity contribution in [2.75, 3.05) is 13.1 Å². The highest BCUT2D eigenvalue weighted by Gasteiger charge is 2.22. The minimum Gasteiger partial charge on any atom is -0.357 e. The van der Waals surface area contributed by atoms with E-state index in [4.69, 9.17) is 0 Å². The Morgan fingerprint density at radius 2 is 1.71 bits per heavy atom. The van der Waals surface area contributed by atoms with E-state index in [1.54, 1.807) is 0 Å². The zero-order valence-electron chi connectivity index (χ0n) is 13.0. The number of hydrogen-bond acceptors (Lipinski definition) is 2. The summed E-state index contributed by atoms with van der Waals surface area (Å²) in [6.07, 6.45) is 9.03. The fourth-order valence-electron chi connectivity index (χ4n) is 2.56. The second-order valence-corrected chi connectivity index (χ2v) is 5.83. The monoisotopic (exact) mass is 408 g/mol. The summed E-state index contributed by atoms with van der Waals surface area (Å²) in [4.78, 5) is 16.3. The summed E-state index contributed by atoms with van der Waals surface area (Å²) < 4.78 is 0.